The Hall–Kier alpha value is -2.77. The molecule has 2 unspecified atom stereocenters. The molecule has 1 saturated heterocycles. The number of carbonyl (C=O) groups excluding carboxylic acids is 1. The zero-order valence-corrected chi connectivity index (χ0v) is 13.5. The number of phenols is 1. The van der Waals surface area contributed by atoms with Gasteiger partial charge in [-0.1, -0.05) is 18.2 Å². The third-order valence-corrected chi connectivity index (χ3v) is 4.04. The summed E-state index contributed by atoms with van der Waals surface area (Å²) in [4.78, 5) is 18.5. The second kappa shape index (κ2) is 6.27. The van der Waals surface area contributed by atoms with E-state index in [2.05, 4.69) is 0 Å². The standard InChI is InChI=1S/C18H17NO6/c1-11-9-19(25-18(24-11)13-4-2-3-5-14(13)20)17(21)12-6-7-15-16(8-12)23-10-22-15/h2-8,11,18,20H,9-10H2,1H3. The number of fused-ring (bicyclic) bond motifs is 1. The summed E-state index contributed by atoms with van der Waals surface area (Å²) < 4.78 is 16.3. The Bertz CT molecular complexity index is 808. The van der Waals surface area contributed by atoms with E-state index in [0.29, 0.717) is 22.6 Å². The van der Waals surface area contributed by atoms with Crippen LogP contribution in [-0.4, -0.2) is 35.5 Å². The van der Waals surface area contributed by atoms with E-state index in [1.54, 1.807) is 42.5 Å². The summed E-state index contributed by atoms with van der Waals surface area (Å²) in [5.74, 6) is 0.884. The summed E-state index contributed by atoms with van der Waals surface area (Å²) in [5, 5.41) is 11.3. The first-order chi connectivity index (χ1) is 12.1. The molecule has 7 heteroatoms. The van der Waals surface area contributed by atoms with E-state index >= 15 is 0 Å². The number of benzene rings is 2. The van der Waals surface area contributed by atoms with Gasteiger partial charge in [0.25, 0.3) is 5.91 Å². The van der Waals surface area contributed by atoms with Crippen molar-refractivity contribution < 1.29 is 28.9 Å². The molecule has 130 valence electrons. The third kappa shape index (κ3) is 2.99. The summed E-state index contributed by atoms with van der Waals surface area (Å²) >= 11 is 0. The van der Waals surface area contributed by atoms with Crippen LogP contribution in [0.5, 0.6) is 17.2 Å². The molecular weight excluding hydrogens is 326 g/mol. The first-order valence-corrected chi connectivity index (χ1v) is 7.93. The Morgan fingerprint density at radius 3 is 2.80 bits per heavy atom. The van der Waals surface area contributed by atoms with Crippen molar-refractivity contribution in [1.29, 1.82) is 0 Å². The van der Waals surface area contributed by atoms with E-state index < -0.39 is 6.29 Å². The van der Waals surface area contributed by atoms with Gasteiger partial charge in [-0.05, 0) is 31.2 Å². The molecule has 0 aromatic heterocycles. The van der Waals surface area contributed by atoms with Gasteiger partial charge in [0.2, 0.25) is 13.1 Å². The Kier molecular flexibility index (Phi) is 3.95. The molecule has 0 radical (unpaired) electrons. The highest BCUT2D eigenvalue weighted by atomic mass is 16.8. The van der Waals surface area contributed by atoms with Gasteiger partial charge < -0.3 is 19.3 Å². The molecule has 0 bridgehead atoms. The number of aromatic hydroxyl groups is 1. The monoisotopic (exact) mass is 343 g/mol. The molecule has 0 saturated carbocycles. The van der Waals surface area contributed by atoms with E-state index in [0.717, 1.165) is 0 Å². The Morgan fingerprint density at radius 1 is 1.16 bits per heavy atom. The van der Waals surface area contributed by atoms with Crippen LogP contribution < -0.4 is 9.47 Å². The van der Waals surface area contributed by atoms with Crippen molar-refractivity contribution in [3.63, 3.8) is 0 Å². The lowest BCUT2D eigenvalue weighted by Crippen LogP contribution is -2.44. The first-order valence-electron chi connectivity index (χ1n) is 7.93. The highest BCUT2D eigenvalue weighted by molar-refractivity contribution is 5.94. The fourth-order valence-electron chi connectivity index (χ4n) is 2.79. The molecule has 4 rings (SSSR count). The Labute approximate surface area is 144 Å². The fraction of sp³-hybridized carbons (Fsp3) is 0.278. The molecular formula is C18H17NO6. The van der Waals surface area contributed by atoms with Crippen LogP contribution in [0.2, 0.25) is 0 Å². The fourth-order valence-corrected chi connectivity index (χ4v) is 2.79. The predicted molar refractivity (Wildman–Crippen MR) is 86.1 cm³/mol. The van der Waals surface area contributed by atoms with Crippen molar-refractivity contribution in [3.8, 4) is 17.2 Å². The van der Waals surface area contributed by atoms with Crippen molar-refractivity contribution in [1.82, 2.24) is 5.06 Å². The van der Waals surface area contributed by atoms with Crippen LogP contribution in [0.3, 0.4) is 0 Å². The van der Waals surface area contributed by atoms with Crippen LogP contribution in [0.1, 0.15) is 29.1 Å². The minimum absolute atomic E-state index is 0.0529. The molecule has 2 aromatic carbocycles. The second-order valence-corrected chi connectivity index (χ2v) is 5.88. The Morgan fingerprint density at radius 2 is 1.96 bits per heavy atom. The summed E-state index contributed by atoms with van der Waals surface area (Å²) in [6.45, 7) is 2.26. The minimum Gasteiger partial charge on any atom is -0.507 e. The van der Waals surface area contributed by atoms with Gasteiger partial charge in [-0.25, -0.2) is 9.90 Å². The molecule has 2 atom stereocenters. The molecule has 1 amide bonds. The number of amides is 1. The van der Waals surface area contributed by atoms with Crippen molar-refractivity contribution in [2.45, 2.75) is 19.3 Å². The van der Waals surface area contributed by atoms with E-state index in [4.69, 9.17) is 19.0 Å². The molecule has 0 spiro atoms. The molecule has 1 fully saturated rings. The van der Waals surface area contributed by atoms with Crippen molar-refractivity contribution in [2.75, 3.05) is 13.3 Å². The quantitative estimate of drug-likeness (QED) is 0.903. The van der Waals surface area contributed by atoms with Crippen molar-refractivity contribution in [2.24, 2.45) is 0 Å². The molecule has 2 aliphatic heterocycles. The molecule has 1 N–H and O–H groups in total. The van der Waals surface area contributed by atoms with Crippen LogP contribution in [-0.2, 0) is 9.57 Å². The molecule has 2 heterocycles. The van der Waals surface area contributed by atoms with E-state index in [9.17, 15) is 9.90 Å². The topological polar surface area (TPSA) is 77.5 Å². The zero-order valence-electron chi connectivity index (χ0n) is 13.5. The van der Waals surface area contributed by atoms with E-state index in [1.807, 2.05) is 6.92 Å². The van der Waals surface area contributed by atoms with Gasteiger partial charge in [0.15, 0.2) is 11.5 Å². The van der Waals surface area contributed by atoms with Gasteiger partial charge in [-0.2, -0.15) is 0 Å². The van der Waals surface area contributed by atoms with Crippen LogP contribution >= 0.6 is 0 Å². The number of hydrogen-bond acceptors (Lipinski definition) is 6. The van der Waals surface area contributed by atoms with Gasteiger partial charge in [0.05, 0.1) is 18.2 Å². The van der Waals surface area contributed by atoms with Crippen LogP contribution in [0.15, 0.2) is 42.5 Å². The zero-order chi connectivity index (χ0) is 17.4. The predicted octanol–water partition coefficient (Wildman–Crippen LogP) is 2.61. The van der Waals surface area contributed by atoms with E-state index in [1.165, 1.54) is 5.06 Å². The van der Waals surface area contributed by atoms with Crippen molar-refractivity contribution >= 4 is 5.91 Å². The molecule has 0 aliphatic carbocycles. The number of carbonyl (C=O) groups is 1. The average molecular weight is 343 g/mol. The number of phenolic OH excluding ortho intramolecular Hbond substituents is 1. The maximum atomic E-state index is 12.8. The summed E-state index contributed by atoms with van der Waals surface area (Å²) in [5.41, 5.74) is 0.895. The maximum absolute atomic E-state index is 12.8. The van der Waals surface area contributed by atoms with Crippen LogP contribution in [0.25, 0.3) is 0 Å². The maximum Gasteiger partial charge on any atom is 0.277 e. The smallest absolute Gasteiger partial charge is 0.277 e. The lowest BCUT2D eigenvalue weighted by Gasteiger charge is -2.36. The minimum atomic E-state index is -0.858. The number of nitrogens with zero attached hydrogens (tertiary/aromatic N) is 1. The van der Waals surface area contributed by atoms with Crippen LogP contribution in [0.4, 0.5) is 0 Å². The summed E-state index contributed by atoms with van der Waals surface area (Å²) in [6, 6.07) is 11.7. The third-order valence-electron chi connectivity index (χ3n) is 4.04. The van der Waals surface area contributed by atoms with E-state index in [-0.39, 0.29) is 31.1 Å². The van der Waals surface area contributed by atoms with Gasteiger partial charge in [-0.3, -0.25) is 4.79 Å². The summed E-state index contributed by atoms with van der Waals surface area (Å²) in [7, 11) is 0. The average Bonchev–Trinajstić information content (AvgIpc) is 3.08. The molecule has 2 aromatic rings. The number of para-hydroxylation sites is 1. The largest absolute Gasteiger partial charge is 0.507 e. The highest BCUT2D eigenvalue weighted by Gasteiger charge is 2.33. The Balaban J connectivity index is 1.57. The SMILES string of the molecule is CC1CN(C(=O)c2ccc3c(c2)OCO3)OC(c2ccccc2O)O1. The van der Waals surface area contributed by atoms with Gasteiger partial charge in [0, 0.05) is 5.56 Å². The first kappa shape index (κ1) is 15.7. The number of hydroxylamine groups is 2. The van der Waals surface area contributed by atoms with Crippen LogP contribution in [0, 0.1) is 0 Å². The van der Waals surface area contributed by atoms with Gasteiger partial charge in [0.1, 0.15) is 5.75 Å². The molecule has 25 heavy (non-hydrogen) atoms. The number of hydrogen-bond donors (Lipinski definition) is 1. The lowest BCUT2D eigenvalue weighted by molar-refractivity contribution is -0.320. The molecule has 2 aliphatic rings. The highest BCUT2D eigenvalue weighted by Crippen LogP contribution is 2.35. The number of ether oxygens (including phenoxy) is 3. The van der Waals surface area contributed by atoms with Gasteiger partial charge >= 0.3 is 0 Å². The van der Waals surface area contributed by atoms with Gasteiger partial charge in [-0.15, -0.1) is 0 Å². The normalized spacial score (nSPS) is 22.0. The summed E-state index contributed by atoms with van der Waals surface area (Å²) in [6.07, 6.45) is -1.11. The van der Waals surface area contributed by atoms with Crippen molar-refractivity contribution in [3.05, 3.63) is 53.6 Å². The lowest BCUT2D eigenvalue weighted by atomic mass is 10.1. The second-order valence-electron chi connectivity index (χ2n) is 5.88. The number of rotatable bonds is 2. The molecule has 7 nitrogen and oxygen atoms in total.